The number of aliphatic hydroxyl groups is 1. The zero-order valence-corrected chi connectivity index (χ0v) is 8.59. The molecule has 1 aliphatic heterocycles. The largest absolute Gasteiger partial charge is 0.394 e. The summed E-state index contributed by atoms with van der Waals surface area (Å²) in [7, 11) is 0. The molecular formula is C9H10F2N3O3. The molecule has 0 spiro atoms. The summed E-state index contributed by atoms with van der Waals surface area (Å²) in [5, 5.41) is 8.76. The van der Waals surface area contributed by atoms with Crippen LogP contribution in [0.2, 0.25) is 0 Å². The van der Waals surface area contributed by atoms with Crippen molar-refractivity contribution in [1.29, 1.82) is 0 Å². The van der Waals surface area contributed by atoms with Crippen molar-refractivity contribution in [1.82, 2.24) is 9.55 Å². The Morgan fingerprint density at radius 2 is 2.35 bits per heavy atom. The molecule has 0 unspecified atom stereocenters. The van der Waals surface area contributed by atoms with Gasteiger partial charge in [-0.15, -0.1) is 0 Å². The van der Waals surface area contributed by atoms with Crippen molar-refractivity contribution in [3.63, 3.8) is 0 Å². The summed E-state index contributed by atoms with van der Waals surface area (Å²) in [6.07, 6.45) is -1.28. The number of nitrogens with zero attached hydrogens (tertiary/aromatic N) is 2. The topological polar surface area (TPSA) is 90.4 Å². The highest BCUT2D eigenvalue weighted by molar-refractivity contribution is 5.23. The Hall–Kier alpha value is -1.54. The monoisotopic (exact) mass is 246 g/mol. The number of hydrogen-bond donors (Lipinski definition) is 2. The summed E-state index contributed by atoms with van der Waals surface area (Å²) in [6, 6.07) is 1.22. The Morgan fingerprint density at radius 1 is 1.65 bits per heavy atom. The Balaban J connectivity index is 2.37. The molecule has 8 heteroatoms. The summed E-state index contributed by atoms with van der Waals surface area (Å²) in [6.45, 7) is -0.580. The second-order valence-electron chi connectivity index (χ2n) is 3.59. The van der Waals surface area contributed by atoms with Crippen LogP contribution in [0.15, 0.2) is 17.1 Å². The lowest BCUT2D eigenvalue weighted by Gasteiger charge is -2.19. The van der Waals surface area contributed by atoms with Crippen LogP contribution in [0.25, 0.3) is 0 Å². The first-order valence-corrected chi connectivity index (χ1v) is 4.79. The third-order valence-electron chi connectivity index (χ3n) is 2.33. The van der Waals surface area contributed by atoms with Crippen LogP contribution in [0, 0.1) is 6.42 Å². The van der Waals surface area contributed by atoms with E-state index in [1.165, 1.54) is 6.07 Å². The number of rotatable bonds is 2. The number of aliphatic hydroxyl groups excluding tert-OH is 1. The number of nitrogen functional groups attached to an aromatic ring is 1. The Kier molecular flexibility index (Phi) is 2.84. The van der Waals surface area contributed by atoms with Gasteiger partial charge in [-0.3, -0.25) is 4.57 Å². The van der Waals surface area contributed by atoms with E-state index < -0.39 is 30.6 Å². The average molecular weight is 246 g/mol. The summed E-state index contributed by atoms with van der Waals surface area (Å²) in [4.78, 5) is 14.7. The lowest BCUT2D eigenvalue weighted by Crippen LogP contribution is -2.35. The molecule has 93 valence electrons. The number of anilines is 1. The van der Waals surface area contributed by atoms with Crippen molar-refractivity contribution in [2.45, 2.75) is 18.3 Å². The van der Waals surface area contributed by atoms with E-state index in [2.05, 4.69) is 4.98 Å². The molecule has 0 bridgehead atoms. The normalized spacial score (nSPS) is 27.2. The lowest BCUT2D eigenvalue weighted by atomic mass is 10.2. The highest BCUT2D eigenvalue weighted by Gasteiger charge is 2.52. The summed E-state index contributed by atoms with van der Waals surface area (Å²) < 4.78 is 32.5. The van der Waals surface area contributed by atoms with Crippen molar-refractivity contribution >= 4 is 5.82 Å². The number of aromatic nitrogens is 2. The third-order valence-corrected chi connectivity index (χ3v) is 2.33. The SMILES string of the molecule is Nc1ccn([C@@H]2O[C@@H](CO)[CH]C2(F)F)c(=O)n1. The molecule has 3 N–H and O–H groups in total. The van der Waals surface area contributed by atoms with Crippen LogP contribution in [-0.4, -0.2) is 33.3 Å². The summed E-state index contributed by atoms with van der Waals surface area (Å²) in [5.41, 5.74) is 4.32. The molecule has 1 aliphatic rings. The van der Waals surface area contributed by atoms with Gasteiger partial charge in [-0.05, 0) is 6.07 Å². The van der Waals surface area contributed by atoms with Crippen LogP contribution in [0.3, 0.4) is 0 Å². The van der Waals surface area contributed by atoms with Crippen molar-refractivity contribution in [3.8, 4) is 0 Å². The highest BCUT2D eigenvalue weighted by Crippen LogP contribution is 2.40. The van der Waals surface area contributed by atoms with Crippen LogP contribution in [0.1, 0.15) is 6.23 Å². The van der Waals surface area contributed by atoms with E-state index in [-0.39, 0.29) is 5.82 Å². The maximum atomic E-state index is 13.5. The van der Waals surface area contributed by atoms with Crippen molar-refractivity contribution in [3.05, 3.63) is 29.2 Å². The number of alkyl halides is 2. The number of ether oxygens (including phenoxy) is 1. The van der Waals surface area contributed by atoms with Gasteiger partial charge in [-0.1, -0.05) is 0 Å². The van der Waals surface area contributed by atoms with E-state index in [9.17, 15) is 13.6 Å². The molecular weight excluding hydrogens is 236 g/mol. The molecule has 1 aromatic heterocycles. The molecule has 2 atom stereocenters. The van der Waals surface area contributed by atoms with Crippen LogP contribution in [0.5, 0.6) is 0 Å². The van der Waals surface area contributed by atoms with Crippen LogP contribution >= 0.6 is 0 Å². The molecule has 1 fully saturated rings. The first-order chi connectivity index (χ1) is 7.94. The van der Waals surface area contributed by atoms with Crippen LogP contribution < -0.4 is 11.4 Å². The minimum absolute atomic E-state index is 0.0600. The van der Waals surface area contributed by atoms with Gasteiger partial charge in [0.05, 0.1) is 19.1 Å². The second kappa shape index (κ2) is 4.04. The fourth-order valence-corrected chi connectivity index (χ4v) is 1.58. The number of nitrogens with two attached hydrogens (primary N) is 1. The first kappa shape index (κ1) is 11.9. The van der Waals surface area contributed by atoms with Gasteiger partial charge >= 0.3 is 5.69 Å². The van der Waals surface area contributed by atoms with Gasteiger partial charge in [0, 0.05) is 6.20 Å². The molecule has 0 amide bonds. The second-order valence-corrected chi connectivity index (χ2v) is 3.59. The van der Waals surface area contributed by atoms with Crippen LogP contribution in [0.4, 0.5) is 14.6 Å². The molecule has 6 nitrogen and oxygen atoms in total. The van der Waals surface area contributed by atoms with E-state index in [0.29, 0.717) is 11.0 Å². The Morgan fingerprint density at radius 3 is 2.88 bits per heavy atom. The van der Waals surface area contributed by atoms with Gasteiger partial charge in [0.15, 0.2) is 0 Å². The molecule has 0 aromatic carbocycles. The molecule has 0 aliphatic carbocycles. The Bertz CT molecular complexity index is 477. The minimum atomic E-state index is -3.35. The maximum Gasteiger partial charge on any atom is 0.351 e. The average Bonchev–Trinajstić information content (AvgIpc) is 2.54. The number of halogens is 2. The predicted octanol–water partition coefficient (Wildman–Crippen LogP) is -0.445. The minimum Gasteiger partial charge on any atom is -0.394 e. The smallest absolute Gasteiger partial charge is 0.351 e. The van der Waals surface area contributed by atoms with Gasteiger partial charge in [0.25, 0.3) is 5.92 Å². The molecule has 1 aromatic rings. The van der Waals surface area contributed by atoms with Crippen LogP contribution in [-0.2, 0) is 4.74 Å². The zero-order chi connectivity index (χ0) is 12.6. The van der Waals surface area contributed by atoms with E-state index in [0.717, 1.165) is 6.20 Å². The number of hydrogen-bond acceptors (Lipinski definition) is 5. The molecule has 2 heterocycles. The maximum absolute atomic E-state index is 13.5. The zero-order valence-electron chi connectivity index (χ0n) is 8.59. The standard InChI is InChI=1S/C9H10F2N3O3/c10-9(11)3-5(4-15)17-7(9)14-2-1-6(12)13-8(14)16/h1-3,5,7,15H,4H2,(H2,12,13,16)/t5-,7-/m1/s1. The third kappa shape index (κ3) is 2.13. The van der Waals surface area contributed by atoms with Gasteiger partial charge in [-0.25, -0.2) is 13.6 Å². The Labute approximate surface area is 94.6 Å². The molecule has 0 saturated carbocycles. The fourth-order valence-electron chi connectivity index (χ4n) is 1.58. The molecule has 17 heavy (non-hydrogen) atoms. The highest BCUT2D eigenvalue weighted by atomic mass is 19.3. The lowest BCUT2D eigenvalue weighted by molar-refractivity contribution is -0.116. The van der Waals surface area contributed by atoms with E-state index in [1.807, 2.05) is 0 Å². The van der Waals surface area contributed by atoms with Crippen molar-refractivity contribution in [2.24, 2.45) is 0 Å². The fraction of sp³-hybridized carbons (Fsp3) is 0.444. The van der Waals surface area contributed by atoms with Gasteiger partial charge in [0.1, 0.15) is 5.82 Å². The predicted molar refractivity (Wildman–Crippen MR) is 53.2 cm³/mol. The van der Waals surface area contributed by atoms with E-state index in [4.69, 9.17) is 15.6 Å². The molecule has 1 saturated heterocycles. The molecule has 1 radical (unpaired) electrons. The molecule has 2 rings (SSSR count). The quantitative estimate of drug-likeness (QED) is 0.738. The summed E-state index contributed by atoms with van der Waals surface area (Å²) >= 11 is 0. The van der Waals surface area contributed by atoms with Crippen molar-refractivity contribution < 1.29 is 18.6 Å². The first-order valence-electron chi connectivity index (χ1n) is 4.79. The summed E-state index contributed by atoms with van der Waals surface area (Å²) in [5.74, 6) is -3.41. The van der Waals surface area contributed by atoms with E-state index >= 15 is 0 Å². The van der Waals surface area contributed by atoms with E-state index in [1.54, 1.807) is 0 Å². The van der Waals surface area contributed by atoms with Gasteiger partial charge < -0.3 is 15.6 Å². The van der Waals surface area contributed by atoms with Crippen molar-refractivity contribution in [2.75, 3.05) is 12.3 Å². The van der Waals surface area contributed by atoms with Gasteiger partial charge in [0.2, 0.25) is 6.23 Å². The van der Waals surface area contributed by atoms with Gasteiger partial charge in [-0.2, -0.15) is 4.98 Å².